The van der Waals surface area contributed by atoms with Crippen LogP contribution in [0.15, 0.2) is 78.9 Å². The summed E-state index contributed by atoms with van der Waals surface area (Å²) in [5, 5.41) is 8.89. The van der Waals surface area contributed by atoms with Crippen molar-refractivity contribution < 1.29 is 14.3 Å². The standard InChI is InChI=1S/C29H35N3O3/c1-2-3-5-18-28(33)31-25-15-8-16-26(20-25)32-29(34)22-30-24-14-9-17-27(21-24)35-19-10-13-23-11-6-4-7-12-23/h4,6-9,11-12,14-17,20-21,30H,2-3,5,10,13,18-19,22H2,1H3,(H,31,33)(H,32,34). The van der Waals surface area contributed by atoms with E-state index in [0.29, 0.717) is 24.4 Å². The molecule has 0 unspecified atom stereocenters. The van der Waals surface area contributed by atoms with Gasteiger partial charge >= 0.3 is 0 Å². The van der Waals surface area contributed by atoms with Crippen LogP contribution in [-0.2, 0) is 16.0 Å². The van der Waals surface area contributed by atoms with Gasteiger partial charge in [0.25, 0.3) is 0 Å². The van der Waals surface area contributed by atoms with Gasteiger partial charge in [-0.1, -0.05) is 62.2 Å². The van der Waals surface area contributed by atoms with E-state index < -0.39 is 0 Å². The van der Waals surface area contributed by atoms with Crippen molar-refractivity contribution in [2.45, 2.75) is 45.4 Å². The number of hydrogen-bond donors (Lipinski definition) is 3. The molecule has 0 saturated heterocycles. The summed E-state index contributed by atoms with van der Waals surface area (Å²) in [4.78, 5) is 24.5. The third kappa shape index (κ3) is 9.92. The second kappa shape index (κ2) is 14.5. The van der Waals surface area contributed by atoms with E-state index in [4.69, 9.17) is 4.74 Å². The van der Waals surface area contributed by atoms with Gasteiger partial charge in [-0.05, 0) is 55.2 Å². The first-order valence-corrected chi connectivity index (χ1v) is 12.3. The molecule has 0 aliphatic rings. The van der Waals surface area contributed by atoms with Crippen LogP contribution < -0.4 is 20.7 Å². The number of carbonyl (C=O) groups is 2. The van der Waals surface area contributed by atoms with Gasteiger partial charge in [-0.3, -0.25) is 9.59 Å². The molecule has 3 N–H and O–H groups in total. The van der Waals surface area contributed by atoms with Gasteiger partial charge in [-0.15, -0.1) is 0 Å². The first kappa shape index (κ1) is 25.8. The zero-order valence-corrected chi connectivity index (χ0v) is 20.4. The minimum atomic E-state index is -0.175. The Labute approximate surface area is 208 Å². The molecule has 0 fully saturated rings. The van der Waals surface area contributed by atoms with Gasteiger partial charge in [0.05, 0.1) is 13.2 Å². The van der Waals surface area contributed by atoms with Crippen LogP contribution >= 0.6 is 0 Å². The smallest absolute Gasteiger partial charge is 0.243 e. The van der Waals surface area contributed by atoms with E-state index in [1.54, 1.807) is 12.1 Å². The highest BCUT2D eigenvalue weighted by molar-refractivity contribution is 5.95. The summed E-state index contributed by atoms with van der Waals surface area (Å²) in [6, 6.07) is 25.2. The minimum Gasteiger partial charge on any atom is -0.494 e. The van der Waals surface area contributed by atoms with Crippen LogP contribution in [0.25, 0.3) is 0 Å². The van der Waals surface area contributed by atoms with Crippen LogP contribution in [0.3, 0.4) is 0 Å². The van der Waals surface area contributed by atoms with Crippen LogP contribution in [0.4, 0.5) is 17.1 Å². The number of unbranched alkanes of at least 4 members (excludes halogenated alkanes) is 2. The van der Waals surface area contributed by atoms with E-state index in [9.17, 15) is 9.59 Å². The first-order chi connectivity index (χ1) is 17.1. The van der Waals surface area contributed by atoms with Crippen molar-refractivity contribution in [2.24, 2.45) is 0 Å². The molecule has 0 saturated carbocycles. The maximum absolute atomic E-state index is 12.4. The molecule has 0 radical (unpaired) electrons. The molecule has 2 amide bonds. The van der Waals surface area contributed by atoms with E-state index in [0.717, 1.165) is 43.5 Å². The Morgan fingerprint density at radius 3 is 2.23 bits per heavy atom. The molecule has 0 heterocycles. The number of nitrogens with one attached hydrogen (secondary N) is 3. The Hall–Kier alpha value is -3.80. The lowest BCUT2D eigenvalue weighted by Crippen LogP contribution is -2.21. The molecule has 0 spiro atoms. The Bertz CT molecular complexity index is 1070. The maximum atomic E-state index is 12.4. The molecule has 0 atom stereocenters. The fraction of sp³-hybridized carbons (Fsp3) is 0.310. The van der Waals surface area contributed by atoms with E-state index in [-0.39, 0.29) is 18.4 Å². The highest BCUT2D eigenvalue weighted by Gasteiger charge is 2.06. The van der Waals surface area contributed by atoms with Gasteiger partial charge in [-0.25, -0.2) is 0 Å². The van der Waals surface area contributed by atoms with Crippen molar-refractivity contribution in [1.82, 2.24) is 0 Å². The van der Waals surface area contributed by atoms with E-state index in [2.05, 4.69) is 35.0 Å². The molecular weight excluding hydrogens is 438 g/mol. The summed E-state index contributed by atoms with van der Waals surface area (Å²) < 4.78 is 5.87. The number of anilines is 3. The van der Waals surface area contributed by atoms with Crippen LogP contribution in [0.5, 0.6) is 5.75 Å². The van der Waals surface area contributed by atoms with Crippen molar-refractivity contribution >= 4 is 28.9 Å². The molecule has 0 bridgehead atoms. The maximum Gasteiger partial charge on any atom is 0.243 e. The topological polar surface area (TPSA) is 79.5 Å². The molecule has 0 aliphatic heterocycles. The molecule has 0 aromatic heterocycles. The van der Waals surface area contributed by atoms with Gasteiger partial charge < -0.3 is 20.7 Å². The van der Waals surface area contributed by atoms with E-state index in [1.807, 2.05) is 54.6 Å². The van der Waals surface area contributed by atoms with Crippen molar-refractivity contribution in [3.05, 3.63) is 84.4 Å². The monoisotopic (exact) mass is 473 g/mol. The molecule has 3 aromatic carbocycles. The second-order valence-electron chi connectivity index (χ2n) is 8.45. The zero-order valence-electron chi connectivity index (χ0n) is 20.4. The zero-order chi connectivity index (χ0) is 24.7. The molecule has 3 rings (SSSR count). The third-order valence-electron chi connectivity index (χ3n) is 5.45. The third-order valence-corrected chi connectivity index (χ3v) is 5.45. The number of carbonyl (C=O) groups excluding carboxylic acids is 2. The summed E-state index contributed by atoms with van der Waals surface area (Å²) in [6.07, 6.45) is 5.41. The average molecular weight is 474 g/mol. The fourth-order valence-corrected chi connectivity index (χ4v) is 3.63. The molecular formula is C29H35N3O3. The summed E-state index contributed by atoms with van der Waals surface area (Å²) >= 11 is 0. The summed E-state index contributed by atoms with van der Waals surface area (Å²) in [7, 11) is 0. The highest BCUT2D eigenvalue weighted by atomic mass is 16.5. The van der Waals surface area contributed by atoms with Gasteiger partial charge in [0, 0.05) is 29.5 Å². The Morgan fingerprint density at radius 2 is 1.46 bits per heavy atom. The van der Waals surface area contributed by atoms with Crippen molar-refractivity contribution in [3.63, 3.8) is 0 Å². The molecule has 35 heavy (non-hydrogen) atoms. The van der Waals surface area contributed by atoms with Crippen LogP contribution in [-0.4, -0.2) is 25.0 Å². The van der Waals surface area contributed by atoms with Crippen molar-refractivity contribution in [1.29, 1.82) is 0 Å². The predicted molar refractivity (Wildman–Crippen MR) is 143 cm³/mol. The largest absolute Gasteiger partial charge is 0.494 e. The van der Waals surface area contributed by atoms with Crippen LogP contribution in [0.1, 0.15) is 44.6 Å². The molecule has 0 aliphatic carbocycles. The lowest BCUT2D eigenvalue weighted by molar-refractivity contribution is -0.116. The average Bonchev–Trinajstić information content (AvgIpc) is 2.87. The first-order valence-electron chi connectivity index (χ1n) is 12.3. The number of rotatable bonds is 14. The number of hydrogen-bond acceptors (Lipinski definition) is 4. The van der Waals surface area contributed by atoms with Gasteiger partial charge in [0.2, 0.25) is 11.8 Å². The summed E-state index contributed by atoms with van der Waals surface area (Å²) in [5.41, 5.74) is 3.43. The fourth-order valence-electron chi connectivity index (χ4n) is 3.63. The van der Waals surface area contributed by atoms with Gasteiger partial charge in [-0.2, -0.15) is 0 Å². The molecule has 184 valence electrons. The SMILES string of the molecule is CCCCCC(=O)Nc1cccc(NC(=O)CNc2cccc(OCCCc3ccccc3)c2)c1. The minimum absolute atomic E-state index is 0.00856. The van der Waals surface area contributed by atoms with Crippen LogP contribution in [0.2, 0.25) is 0 Å². The predicted octanol–water partition coefficient (Wildman–Crippen LogP) is 6.27. The highest BCUT2D eigenvalue weighted by Crippen LogP contribution is 2.19. The lowest BCUT2D eigenvalue weighted by atomic mass is 10.1. The number of aryl methyl sites for hydroxylation is 1. The molecule has 6 nitrogen and oxygen atoms in total. The Kier molecular flexibility index (Phi) is 10.7. The van der Waals surface area contributed by atoms with Gasteiger partial charge in [0.15, 0.2) is 0 Å². The quantitative estimate of drug-likeness (QED) is 0.241. The normalized spacial score (nSPS) is 10.4. The molecule has 6 heteroatoms. The van der Waals surface area contributed by atoms with Crippen molar-refractivity contribution in [2.75, 3.05) is 29.1 Å². The number of benzene rings is 3. The lowest BCUT2D eigenvalue weighted by Gasteiger charge is -2.11. The summed E-state index contributed by atoms with van der Waals surface area (Å²) in [5.74, 6) is 0.585. The number of amides is 2. The summed E-state index contributed by atoms with van der Waals surface area (Å²) in [6.45, 7) is 2.85. The Balaban J connectivity index is 1.40. The van der Waals surface area contributed by atoms with Crippen LogP contribution in [0, 0.1) is 0 Å². The van der Waals surface area contributed by atoms with Gasteiger partial charge in [0.1, 0.15) is 5.75 Å². The van der Waals surface area contributed by atoms with E-state index in [1.165, 1.54) is 5.56 Å². The molecule has 3 aromatic rings. The van der Waals surface area contributed by atoms with Crippen molar-refractivity contribution in [3.8, 4) is 5.75 Å². The second-order valence-corrected chi connectivity index (χ2v) is 8.45. The number of ether oxygens (including phenoxy) is 1. The Morgan fingerprint density at radius 1 is 0.743 bits per heavy atom. The van der Waals surface area contributed by atoms with E-state index >= 15 is 0 Å².